The van der Waals surface area contributed by atoms with Crippen LogP contribution in [0.2, 0.25) is 0 Å². The highest BCUT2D eigenvalue weighted by Gasteiger charge is 2.61. The van der Waals surface area contributed by atoms with Crippen molar-refractivity contribution in [1.29, 1.82) is 0 Å². The molecule has 0 bridgehead atoms. The third kappa shape index (κ3) is 6.37. The van der Waals surface area contributed by atoms with E-state index < -0.39 is 16.2 Å². The monoisotopic (exact) mass is 1090 g/mol. The smallest absolute Gasteiger partial charge is 0.237 e. The van der Waals surface area contributed by atoms with Gasteiger partial charge in [-0.25, -0.2) is 13.2 Å². The zero-order chi connectivity index (χ0) is 46.9. The maximum Gasteiger partial charge on any atom is 0.237 e. The second kappa shape index (κ2) is 16.0. The Morgan fingerprint density at radius 3 is 0.955 bits per heavy atom. The van der Waals surface area contributed by atoms with Crippen molar-refractivity contribution in [3.8, 4) is 0 Å². The van der Waals surface area contributed by atoms with Gasteiger partial charge in [-0.15, -0.1) is 0 Å². The summed E-state index contributed by atoms with van der Waals surface area (Å²) in [5.74, 6) is -0.832. The van der Waals surface area contributed by atoms with Crippen molar-refractivity contribution < 1.29 is 41.8 Å². The summed E-state index contributed by atoms with van der Waals surface area (Å²) in [6, 6.07) is 9.40. The van der Waals surface area contributed by atoms with E-state index in [1.165, 1.54) is 18.2 Å². The van der Waals surface area contributed by atoms with E-state index in [-0.39, 0.29) is 53.5 Å². The summed E-state index contributed by atoms with van der Waals surface area (Å²) in [6.07, 6.45) is 9.24. The van der Waals surface area contributed by atoms with Gasteiger partial charge in [-0.2, -0.15) is 0 Å². The Labute approximate surface area is 402 Å². The van der Waals surface area contributed by atoms with Crippen LogP contribution in [0.4, 0.5) is 30.2 Å². The molecule has 342 valence electrons. The first-order chi connectivity index (χ1) is 31.4. The van der Waals surface area contributed by atoms with Crippen LogP contribution >= 0.6 is 47.8 Å². The molecule has 3 aliphatic carbocycles. The number of anilines is 3. The van der Waals surface area contributed by atoms with Crippen LogP contribution in [-0.2, 0) is 44.8 Å². The molecule has 66 heavy (non-hydrogen) atoms. The zero-order valence-electron chi connectivity index (χ0n) is 36.6. The van der Waals surface area contributed by atoms with Crippen molar-refractivity contribution in [2.75, 3.05) is 57.2 Å². The minimum absolute atomic E-state index is 0.0746. The first-order valence-electron chi connectivity index (χ1n) is 21.2. The molecule has 12 nitrogen and oxygen atoms in total. The molecule has 3 spiro atoms. The van der Waals surface area contributed by atoms with E-state index in [2.05, 4.69) is 62.7 Å². The number of ether oxygens (including phenoxy) is 3. The molecule has 18 heteroatoms. The molecule has 0 saturated heterocycles. The maximum absolute atomic E-state index is 13.8. The number of aromatic nitrogens is 3. The molecule has 0 unspecified atom stereocenters. The van der Waals surface area contributed by atoms with Crippen molar-refractivity contribution in [2.24, 2.45) is 0 Å². The van der Waals surface area contributed by atoms with Crippen molar-refractivity contribution in [1.82, 2.24) is 15.0 Å². The highest BCUT2D eigenvalue weighted by molar-refractivity contribution is 9.11. The number of methoxy groups -OCH3 is 3. The lowest BCUT2D eigenvalue weighted by molar-refractivity contribution is -0.132. The minimum atomic E-state index is -0.552. The van der Waals surface area contributed by atoms with Gasteiger partial charge in [-0.1, -0.05) is 0 Å². The van der Waals surface area contributed by atoms with Gasteiger partial charge in [0.25, 0.3) is 0 Å². The fraction of sp³-hybridized carbons (Fsp3) is 0.375. The molecule has 0 N–H and O–H groups in total. The summed E-state index contributed by atoms with van der Waals surface area (Å²) >= 11 is 9.70. The number of carbonyl (C=O) groups is 3. The SMILES string of the molecule is COC1CC2(C1)C(=O)N(C)c1cnc3cc(F)c(Br)cc3c12.COC1CC2(C1)C(=O)N(C)c1cnc3cc(F)c(Br)cc3c12.COC1CC2(C1)C(=O)N(C)c1cnc3cc(F)c(Br)cc3c12. The third-order valence-electron chi connectivity index (χ3n) is 14.8. The van der Waals surface area contributed by atoms with E-state index in [4.69, 9.17) is 14.2 Å². The molecule has 3 amide bonds. The summed E-state index contributed by atoms with van der Waals surface area (Å²) in [5.41, 5.74) is 5.36. The van der Waals surface area contributed by atoms with Crippen LogP contribution in [0.5, 0.6) is 0 Å². The first kappa shape index (κ1) is 45.2. The average Bonchev–Trinajstić information content (AvgIpc) is 3.73. The number of carbonyl (C=O) groups excluding carboxylic acids is 3. The topological polar surface area (TPSA) is 127 Å². The Kier molecular flexibility index (Phi) is 11.0. The van der Waals surface area contributed by atoms with Gasteiger partial charge in [-0.05, 0) is 105 Å². The Hall–Kier alpha value is -4.59. The van der Waals surface area contributed by atoms with Gasteiger partial charge < -0.3 is 28.9 Å². The second-order valence-electron chi connectivity index (χ2n) is 18.0. The fourth-order valence-electron chi connectivity index (χ4n) is 11.2. The molecule has 12 rings (SSSR count). The molecule has 3 fully saturated rings. The lowest BCUT2D eigenvalue weighted by atomic mass is 9.62. The number of hydrogen-bond donors (Lipinski definition) is 0. The van der Waals surface area contributed by atoms with Crippen molar-refractivity contribution >= 4 is 115 Å². The van der Waals surface area contributed by atoms with E-state index in [0.29, 0.717) is 68.5 Å². The van der Waals surface area contributed by atoms with Gasteiger partial charge in [0.2, 0.25) is 17.7 Å². The maximum atomic E-state index is 13.8. The third-order valence-corrected chi connectivity index (χ3v) is 16.6. The van der Waals surface area contributed by atoms with Crippen LogP contribution in [0.3, 0.4) is 0 Å². The van der Waals surface area contributed by atoms with Crippen LogP contribution in [0, 0.1) is 17.5 Å². The van der Waals surface area contributed by atoms with Gasteiger partial charge in [0.1, 0.15) is 17.5 Å². The molecule has 3 aromatic carbocycles. The molecule has 3 aliphatic heterocycles. The highest BCUT2D eigenvalue weighted by Crippen LogP contribution is 2.58. The number of rotatable bonds is 3. The zero-order valence-corrected chi connectivity index (χ0v) is 41.3. The average molecular weight is 1100 g/mol. The molecule has 6 heterocycles. The first-order valence-corrected chi connectivity index (χ1v) is 23.6. The van der Waals surface area contributed by atoms with Crippen LogP contribution in [0.1, 0.15) is 55.2 Å². The number of pyridine rings is 3. The quantitative estimate of drug-likeness (QED) is 0.170. The molecule has 0 radical (unpaired) electrons. The Morgan fingerprint density at radius 2 is 0.727 bits per heavy atom. The molecule has 6 aliphatic rings. The molecule has 3 aromatic heterocycles. The molecular formula is C48H42Br3F3N6O6. The van der Waals surface area contributed by atoms with Crippen LogP contribution in [-0.4, -0.2) is 93.5 Å². The Morgan fingerprint density at radius 1 is 0.485 bits per heavy atom. The normalized spacial score (nSPS) is 26.6. The summed E-state index contributed by atoms with van der Waals surface area (Å²) in [4.78, 5) is 56.3. The van der Waals surface area contributed by atoms with E-state index in [0.717, 1.165) is 49.9 Å². The number of likely N-dealkylation sites (N-methyl/N-ethyl adjacent to an activating group) is 3. The predicted octanol–water partition coefficient (Wildman–Crippen LogP) is 9.48. The predicted molar refractivity (Wildman–Crippen MR) is 254 cm³/mol. The fourth-order valence-corrected chi connectivity index (χ4v) is 12.2. The number of hydrogen-bond acceptors (Lipinski definition) is 9. The number of benzene rings is 3. The van der Waals surface area contributed by atoms with Gasteiger partial charge in [-0.3, -0.25) is 29.3 Å². The Bertz CT molecular complexity index is 2780. The van der Waals surface area contributed by atoms with Gasteiger partial charge in [0.15, 0.2) is 0 Å². The largest absolute Gasteiger partial charge is 0.381 e. The molecule has 0 atom stereocenters. The van der Waals surface area contributed by atoms with Gasteiger partial charge >= 0.3 is 0 Å². The minimum Gasteiger partial charge on any atom is -0.381 e. The summed E-state index contributed by atoms with van der Waals surface area (Å²) < 4.78 is 58.6. The highest BCUT2D eigenvalue weighted by atomic mass is 79.9. The summed E-state index contributed by atoms with van der Waals surface area (Å²) in [7, 11) is 10.3. The summed E-state index contributed by atoms with van der Waals surface area (Å²) in [5, 5.41) is 2.49. The van der Waals surface area contributed by atoms with Crippen LogP contribution in [0.25, 0.3) is 32.7 Å². The number of amides is 3. The standard InChI is InChI=1S/3C16H14BrFN2O2/c3*1-20-13-7-19-12-4-11(18)10(17)3-9(12)14(13)16(15(20)21)5-8(6-16)22-2/h3*3-4,7-8H,5-6H2,1-2H3. The molecular weight excluding hydrogens is 1050 g/mol. The number of halogens is 6. The van der Waals surface area contributed by atoms with Crippen molar-refractivity contribution in [3.63, 3.8) is 0 Å². The van der Waals surface area contributed by atoms with Gasteiger partial charge in [0, 0.05) is 93.5 Å². The molecule has 3 saturated carbocycles. The van der Waals surface area contributed by atoms with E-state index in [1.807, 2.05) is 0 Å². The van der Waals surface area contributed by atoms with E-state index in [9.17, 15) is 27.6 Å². The van der Waals surface area contributed by atoms with Crippen LogP contribution < -0.4 is 14.7 Å². The number of nitrogens with zero attached hydrogens (tertiary/aromatic N) is 6. The van der Waals surface area contributed by atoms with E-state index >= 15 is 0 Å². The van der Waals surface area contributed by atoms with Gasteiger partial charge in [0.05, 0.1) is 100 Å². The lowest BCUT2D eigenvalue weighted by Crippen LogP contribution is -2.51. The van der Waals surface area contributed by atoms with Crippen molar-refractivity contribution in [3.05, 3.63) is 103 Å². The van der Waals surface area contributed by atoms with Crippen LogP contribution in [0.15, 0.2) is 68.4 Å². The van der Waals surface area contributed by atoms with E-state index in [1.54, 1.807) is 94.0 Å². The second-order valence-corrected chi connectivity index (χ2v) is 20.6. The summed E-state index contributed by atoms with van der Waals surface area (Å²) in [6.45, 7) is 0. The number of fused-ring (bicyclic) bond motifs is 12. The molecule has 6 aromatic rings. The van der Waals surface area contributed by atoms with Crippen molar-refractivity contribution in [2.45, 2.75) is 73.1 Å². The lowest BCUT2D eigenvalue weighted by Gasteiger charge is -2.43. The Balaban J connectivity index is 0.000000116.